The molecule has 2 heterocycles. The van der Waals surface area contributed by atoms with Crippen molar-refractivity contribution in [3.8, 4) is 0 Å². The predicted octanol–water partition coefficient (Wildman–Crippen LogP) is 2.13. The van der Waals surface area contributed by atoms with E-state index in [1.54, 1.807) is 0 Å². The lowest BCUT2D eigenvalue weighted by atomic mass is 10.2. The van der Waals surface area contributed by atoms with Crippen LogP contribution in [0.2, 0.25) is 0 Å². The fraction of sp³-hybridized carbons (Fsp3) is 0.462. The summed E-state index contributed by atoms with van der Waals surface area (Å²) in [5, 5.41) is 11.8. The van der Waals surface area contributed by atoms with Gasteiger partial charge in [0, 0.05) is 12.2 Å². The Bertz CT molecular complexity index is 554. The molecule has 1 atom stereocenters. The van der Waals surface area contributed by atoms with Crippen molar-refractivity contribution in [2.45, 2.75) is 37.9 Å². The lowest BCUT2D eigenvalue weighted by Gasteiger charge is -2.11. The van der Waals surface area contributed by atoms with E-state index in [4.69, 9.17) is 0 Å². The van der Waals surface area contributed by atoms with Crippen LogP contribution in [-0.2, 0) is 4.79 Å². The molecular weight excluding hydrogens is 260 g/mol. The van der Waals surface area contributed by atoms with Crippen LogP contribution in [0.1, 0.15) is 26.7 Å². The van der Waals surface area contributed by atoms with Crippen LogP contribution in [0.25, 0.3) is 5.65 Å². The van der Waals surface area contributed by atoms with Crippen molar-refractivity contribution in [1.82, 2.24) is 19.9 Å². The summed E-state index contributed by atoms with van der Waals surface area (Å²) in [5.41, 5.74) is 0.796. The van der Waals surface area contributed by atoms with Crippen LogP contribution in [0.5, 0.6) is 0 Å². The van der Waals surface area contributed by atoms with Crippen molar-refractivity contribution in [2.24, 2.45) is 0 Å². The molecule has 6 heteroatoms. The second-order valence-electron chi connectivity index (χ2n) is 4.46. The van der Waals surface area contributed by atoms with E-state index in [1.165, 1.54) is 11.8 Å². The fourth-order valence-corrected chi connectivity index (χ4v) is 2.61. The zero-order valence-corrected chi connectivity index (χ0v) is 12.0. The largest absolute Gasteiger partial charge is 0.353 e. The van der Waals surface area contributed by atoms with Gasteiger partial charge in [0.1, 0.15) is 0 Å². The Morgan fingerprint density at radius 3 is 3.11 bits per heavy atom. The van der Waals surface area contributed by atoms with Crippen LogP contribution in [0, 0.1) is 0 Å². The van der Waals surface area contributed by atoms with E-state index in [2.05, 4.69) is 22.4 Å². The van der Waals surface area contributed by atoms with Crippen LogP contribution in [0.4, 0.5) is 0 Å². The molecule has 0 aliphatic carbocycles. The van der Waals surface area contributed by atoms with Gasteiger partial charge in [0.05, 0.1) is 5.75 Å². The number of fused-ring (bicyclic) bond motifs is 1. The number of nitrogens with zero attached hydrogens (tertiary/aromatic N) is 3. The smallest absolute Gasteiger partial charge is 0.230 e. The molecule has 0 aliphatic heterocycles. The Labute approximate surface area is 116 Å². The molecule has 2 aromatic rings. The second kappa shape index (κ2) is 6.56. The summed E-state index contributed by atoms with van der Waals surface area (Å²) in [6.07, 6.45) is 3.98. The van der Waals surface area contributed by atoms with Crippen LogP contribution in [0.15, 0.2) is 29.6 Å². The lowest BCUT2D eigenvalue weighted by molar-refractivity contribution is -0.119. The molecule has 2 rings (SSSR count). The number of thioether (sulfide) groups is 1. The number of carbonyl (C=O) groups excluding carboxylic acids is 1. The molecule has 0 spiro atoms. The summed E-state index contributed by atoms with van der Waals surface area (Å²) in [5.74, 6) is 0.405. The maximum Gasteiger partial charge on any atom is 0.230 e. The predicted molar refractivity (Wildman–Crippen MR) is 76.2 cm³/mol. The maximum atomic E-state index is 11.8. The molecule has 0 bridgehead atoms. The SMILES string of the molecule is CCC[C@H](C)NC(=O)CSc1nnc2ccccn12. The number of aromatic nitrogens is 3. The minimum atomic E-state index is 0.0404. The number of hydrogen-bond donors (Lipinski definition) is 1. The molecule has 0 aromatic carbocycles. The molecule has 2 aromatic heterocycles. The monoisotopic (exact) mass is 278 g/mol. The summed E-state index contributed by atoms with van der Waals surface area (Å²) in [6, 6.07) is 5.95. The normalized spacial score (nSPS) is 12.5. The van der Waals surface area contributed by atoms with Gasteiger partial charge in [0.15, 0.2) is 10.8 Å². The lowest BCUT2D eigenvalue weighted by Crippen LogP contribution is -2.33. The highest BCUT2D eigenvalue weighted by Crippen LogP contribution is 2.16. The number of rotatable bonds is 6. The van der Waals surface area contributed by atoms with Crippen molar-refractivity contribution in [1.29, 1.82) is 0 Å². The Balaban J connectivity index is 1.90. The third-order valence-corrected chi connectivity index (χ3v) is 3.69. The third-order valence-electron chi connectivity index (χ3n) is 2.74. The van der Waals surface area contributed by atoms with Crippen LogP contribution in [-0.4, -0.2) is 32.3 Å². The first-order valence-corrected chi connectivity index (χ1v) is 7.41. The van der Waals surface area contributed by atoms with Crippen molar-refractivity contribution in [3.63, 3.8) is 0 Å². The minimum absolute atomic E-state index is 0.0404. The molecule has 0 unspecified atom stereocenters. The van der Waals surface area contributed by atoms with Crippen LogP contribution in [0.3, 0.4) is 0 Å². The number of hydrogen-bond acceptors (Lipinski definition) is 4. The summed E-state index contributed by atoms with van der Waals surface area (Å²) in [6.45, 7) is 4.14. The van der Waals surface area contributed by atoms with E-state index in [0.717, 1.165) is 23.6 Å². The average molecular weight is 278 g/mol. The number of pyridine rings is 1. The molecule has 5 nitrogen and oxygen atoms in total. The van der Waals surface area contributed by atoms with Crippen molar-refractivity contribution in [3.05, 3.63) is 24.4 Å². The molecule has 0 aliphatic rings. The van der Waals surface area contributed by atoms with Gasteiger partial charge in [-0.2, -0.15) is 0 Å². The molecule has 102 valence electrons. The third kappa shape index (κ3) is 3.70. The van der Waals surface area contributed by atoms with E-state index < -0.39 is 0 Å². The summed E-state index contributed by atoms with van der Waals surface area (Å²) < 4.78 is 1.88. The topological polar surface area (TPSA) is 59.3 Å². The van der Waals surface area contributed by atoms with Crippen molar-refractivity contribution >= 4 is 23.3 Å². The molecule has 0 fully saturated rings. The molecular formula is C13H18N4OS. The van der Waals surface area contributed by atoms with Crippen LogP contribution >= 0.6 is 11.8 Å². The molecule has 0 saturated heterocycles. The molecule has 1 N–H and O–H groups in total. The highest BCUT2D eigenvalue weighted by atomic mass is 32.2. The van der Waals surface area contributed by atoms with Crippen LogP contribution < -0.4 is 5.32 Å². The highest BCUT2D eigenvalue weighted by molar-refractivity contribution is 7.99. The fourth-order valence-electron chi connectivity index (χ4n) is 1.87. The molecule has 0 radical (unpaired) electrons. The van der Waals surface area contributed by atoms with Gasteiger partial charge in [-0.25, -0.2) is 0 Å². The zero-order chi connectivity index (χ0) is 13.7. The standard InChI is InChI=1S/C13H18N4OS/c1-3-6-10(2)14-12(18)9-19-13-16-15-11-7-4-5-8-17(11)13/h4-5,7-8,10H,3,6,9H2,1-2H3,(H,14,18)/t10-/m0/s1. The Hall–Kier alpha value is -1.56. The second-order valence-corrected chi connectivity index (χ2v) is 5.40. The molecule has 0 saturated carbocycles. The first-order valence-electron chi connectivity index (χ1n) is 6.42. The number of carbonyl (C=O) groups is 1. The Morgan fingerprint density at radius 1 is 1.47 bits per heavy atom. The summed E-state index contributed by atoms with van der Waals surface area (Å²) >= 11 is 1.40. The Morgan fingerprint density at radius 2 is 2.32 bits per heavy atom. The molecule has 19 heavy (non-hydrogen) atoms. The molecule has 1 amide bonds. The van der Waals surface area contributed by atoms with Gasteiger partial charge >= 0.3 is 0 Å². The van der Waals surface area contributed by atoms with Gasteiger partial charge in [-0.05, 0) is 25.5 Å². The Kier molecular flexibility index (Phi) is 4.79. The van der Waals surface area contributed by atoms with Gasteiger partial charge < -0.3 is 5.32 Å². The van der Waals surface area contributed by atoms with E-state index in [9.17, 15) is 4.79 Å². The number of amides is 1. The number of nitrogens with one attached hydrogen (secondary N) is 1. The minimum Gasteiger partial charge on any atom is -0.353 e. The van der Waals surface area contributed by atoms with Gasteiger partial charge in [0.25, 0.3) is 0 Å². The first kappa shape index (κ1) is 13.9. The highest BCUT2D eigenvalue weighted by Gasteiger charge is 2.10. The van der Waals surface area contributed by atoms with Crippen molar-refractivity contribution < 1.29 is 4.79 Å². The van der Waals surface area contributed by atoms with E-state index in [-0.39, 0.29) is 11.9 Å². The van der Waals surface area contributed by atoms with E-state index >= 15 is 0 Å². The van der Waals surface area contributed by atoms with Gasteiger partial charge in [-0.15, -0.1) is 10.2 Å². The average Bonchev–Trinajstić information content (AvgIpc) is 2.80. The quantitative estimate of drug-likeness (QED) is 0.822. The van der Waals surface area contributed by atoms with E-state index in [0.29, 0.717) is 5.75 Å². The van der Waals surface area contributed by atoms with Crippen molar-refractivity contribution in [2.75, 3.05) is 5.75 Å². The summed E-state index contributed by atoms with van der Waals surface area (Å²) in [7, 11) is 0. The zero-order valence-electron chi connectivity index (χ0n) is 11.2. The van der Waals surface area contributed by atoms with Gasteiger partial charge in [-0.1, -0.05) is 31.2 Å². The van der Waals surface area contributed by atoms with Gasteiger partial charge in [-0.3, -0.25) is 9.20 Å². The first-order chi connectivity index (χ1) is 9.20. The van der Waals surface area contributed by atoms with Gasteiger partial charge in [0.2, 0.25) is 5.91 Å². The summed E-state index contributed by atoms with van der Waals surface area (Å²) in [4.78, 5) is 11.8. The maximum absolute atomic E-state index is 11.8. The van der Waals surface area contributed by atoms with E-state index in [1.807, 2.05) is 35.7 Å².